The van der Waals surface area contributed by atoms with E-state index in [1.165, 1.54) is 17.0 Å². The van der Waals surface area contributed by atoms with Gasteiger partial charge in [-0.2, -0.15) is 0 Å². The van der Waals surface area contributed by atoms with E-state index >= 15 is 0 Å². The van der Waals surface area contributed by atoms with Gasteiger partial charge >= 0.3 is 0 Å². The third-order valence-corrected chi connectivity index (χ3v) is 3.85. The smallest absolute Gasteiger partial charge is 0.259 e. The Bertz CT molecular complexity index is 615. The Labute approximate surface area is 129 Å². The first-order valence-electron chi connectivity index (χ1n) is 5.47. The van der Waals surface area contributed by atoms with Crippen LogP contribution in [0.1, 0.15) is 10.4 Å². The molecule has 0 aliphatic rings. The van der Waals surface area contributed by atoms with Gasteiger partial charge in [-0.25, -0.2) is 4.39 Å². The number of rotatable bonds is 2. The standard InChI is InChI=1S/C14H10ClFINO/c1-18(11-5-3-10(16)4-6-11)14(19)12-8-9(15)2-7-13(12)17/h2-8H,1H3. The molecule has 0 saturated heterocycles. The lowest BCUT2D eigenvalue weighted by Crippen LogP contribution is -2.26. The molecule has 0 radical (unpaired) electrons. The predicted molar refractivity (Wildman–Crippen MR) is 83.3 cm³/mol. The minimum absolute atomic E-state index is 0.182. The van der Waals surface area contributed by atoms with Gasteiger partial charge < -0.3 is 4.90 Å². The van der Waals surface area contributed by atoms with E-state index in [9.17, 15) is 9.18 Å². The molecule has 5 heteroatoms. The Morgan fingerprint density at radius 3 is 2.47 bits per heavy atom. The highest BCUT2D eigenvalue weighted by Gasteiger charge is 2.16. The van der Waals surface area contributed by atoms with Crippen LogP contribution < -0.4 is 4.90 Å². The van der Waals surface area contributed by atoms with Crippen LogP contribution >= 0.6 is 34.2 Å². The normalized spacial score (nSPS) is 10.3. The van der Waals surface area contributed by atoms with E-state index < -0.39 is 0 Å². The number of halogens is 3. The van der Waals surface area contributed by atoms with E-state index in [1.807, 2.05) is 0 Å². The molecule has 0 spiro atoms. The average molecular weight is 390 g/mol. The van der Waals surface area contributed by atoms with Crippen molar-refractivity contribution in [3.8, 4) is 0 Å². The zero-order valence-corrected chi connectivity index (χ0v) is 12.9. The van der Waals surface area contributed by atoms with Crippen LogP contribution in [0, 0.1) is 9.39 Å². The minimum Gasteiger partial charge on any atom is -0.311 e. The maximum Gasteiger partial charge on any atom is 0.259 e. The molecule has 0 aliphatic heterocycles. The second kappa shape index (κ2) is 5.88. The molecule has 2 aromatic carbocycles. The largest absolute Gasteiger partial charge is 0.311 e. The molecule has 1 amide bonds. The number of hydrogen-bond donors (Lipinski definition) is 0. The van der Waals surface area contributed by atoms with Gasteiger partial charge in [0.15, 0.2) is 0 Å². The van der Waals surface area contributed by atoms with E-state index in [2.05, 4.69) is 22.6 Å². The summed E-state index contributed by atoms with van der Waals surface area (Å²) in [5.74, 6) is -0.513. The lowest BCUT2D eigenvalue weighted by molar-refractivity contribution is 0.0992. The van der Waals surface area contributed by atoms with Crippen LogP contribution in [0.3, 0.4) is 0 Å². The average Bonchev–Trinajstić information content (AvgIpc) is 2.41. The van der Waals surface area contributed by atoms with Gasteiger partial charge in [-0.1, -0.05) is 11.6 Å². The SMILES string of the molecule is CN(C(=O)c1cc(Cl)ccc1I)c1ccc(F)cc1. The topological polar surface area (TPSA) is 20.3 Å². The van der Waals surface area contributed by atoms with E-state index in [0.717, 1.165) is 3.57 Å². The minimum atomic E-state index is -0.332. The summed E-state index contributed by atoms with van der Waals surface area (Å²) in [6.07, 6.45) is 0. The predicted octanol–water partition coefficient (Wildman–Crippen LogP) is 4.36. The molecule has 0 aliphatic carbocycles. The Morgan fingerprint density at radius 1 is 1.21 bits per heavy atom. The molecule has 19 heavy (non-hydrogen) atoms. The van der Waals surface area contributed by atoms with Crippen molar-refractivity contribution >= 4 is 45.8 Å². The van der Waals surface area contributed by atoms with Crippen molar-refractivity contribution in [2.45, 2.75) is 0 Å². The number of anilines is 1. The summed E-state index contributed by atoms with van der Waals surface area (Å²) >= 11 is 7.99. The third-order valence-electron chi connectivity index (χ3n) is 2.68. The summed E-state index contributed by atoms with van der Waals surface area (Å²) in [5, 5.41) is 0.510. The molecule has 2 nitrogen and oxygen atoms in total. The van der Waals surface area contributed by atoms with Crippen molar-refractivity contribution in [3.63, 3.8) is 0 Å². The van der Waals surface area contributed by atoms with Crippen molar-refractivity contribution in [1.82, 2.24) is 0 Å². The van der Waals surface area contributed by atoms with Crippen molar-refractivity contribution in [2.24, 2.45) is 0 Å². The summed E-state index contributed by atoms with van der Waals surface area (Å²) < 4.78 is 13.7. The lowest BCUT2D eigenvalue weighted by atomic mass is 10.2. The number of nitrogens with zero attached hydrogens (tertiary/aromatic N) is 1. The fourth-order valence-corrected chi connectivity index (χ4v) is 2.36. The summed E-state index contributed by atoms with van der Waals surface area (Å²) in [6, 6.07) is 10.9. The van der Waals surface area contributed by atoms with Gasteiger partial charge in [0.25, 0.3) is 5.91 Å². The second-order valence-electron chi connectivity index (χ2n) is 3.96. The van der Waals surface area contributed by atoms with Crippen molar-refractivity contribution in [1.29, 1.82) is 0 Å². The number of benzene rings is 2. The molecule has 0 saturated carbocycles. The maximum absolute atomic E-state index is 12.9. The molecule has 98 valence electrons. The van der Waals surface area contributed by atoms with Crippen LogP contribution in [0.5, 0.6) is 0 Å². The summed E-state index contributed by atoms with van der Waals surface area (Å²) in [4.78, 5) is 13.8. The molecule has 2 rings (SSSR count). The van der Waals surface area contributed by atoms with Gasteiger partial charge in [0, 0.05) is 21.3 Å². The van der Waals surface area contributed by atoms with Gasteiger partial charge in [0.2, 0.25) is 0 Å². The van der Waals surface area contributed by atoms with E-state index in [-0.39, 0.29) is 11.7 Å². The Hall–Kier alpha value is -1.14. The highest BCUT2D eigenvalue weighted by atomic mass is 127. The first kappa shape index (κ1) is 14.3. The molecule has 0 N–H and O–H groups in total. The summed E-state index contributed by atoms with van der Waals surface area (Å²) in [5.41, 5.74) is 1.15. The van der Waals surface area contributed by atoms with Crippen LogP contribution in [0.4, 0.5) is 10.1 Å². The summed E-state index contributed by atoms with van der Waals surface area (Å²) in [6.45, 7) is 0. The highest BCUT2D eigenvalue weighted by molar-refractivity contribution is 14.1. The number of hydrogen-bond acceptors (Lipinski definition) is 1. The second-order valence-corrected chi connectivity index (χ2v) is 5.56. The first-order valence-corrected chi connectivity index (χ1v) is 6.93. The first-order chi connectivity index (χ1) is 8.99. The van der Waals surface area contributed by atoms with Crippen LogP contribution in [0.15, 0.2) is 42.5 Å². The zero-order chi connectivity index (χ0) is 14.0. The van der Waals surface area contributed by atoms with Gasteiger partial charge in [-0.3, -0.25) is 4.79 Å². The van der Waals surface area contributed by atoms with E-state index in [4.69, 9.17) is 11.6 Å². The molecule has 0 fully saturated rings. The van der Waals surface area contributed by atoms with Gasteiger partial charge in [-0.15, -0.1) is 0 Å². The van der Waals surface area contributed by atoms with Crippen molar-refractivity contribution < 1.29 is 9.18 Å². The van der Waals surface area contributed by atoms with Crippen LogP contribution in [0.2, 0.25) is 5.02 Å². The fraction of sp³-hybridized carbons (Fsp3) is 0.0714. The molecule has 0 heterocycles. The van der Waals surface area contributed by atoms with E-state index in [1.54, 1.807) is 37.4 Å². The number of carbonyl (C=O) groups is 1. The van der Waals surface area contributed by atoms with Crippen LogP contribution in [-0.2, 0) is 0 Å². The zero-order valence-electron chi connectivity index (χ0n) is 10.0. The van der Waals surface area contributed by atoms with Crippen LogP contribution in [0.25, 0.3) is 0 Å². The number of carbonyl (C=O) groups excluding carboxylic acids is 1. The Balaban J connectivity index is 2.33. The molecule has 2 aromatic rings. The maximum atomic E-state index is 12.9. The monoisotopic (exact) mass is 389 g/mol. The van der Waals surface area contributed by atoms with Gasteiger partial charge in [0.1, 0.15) is 5.82 Å². The van der Waals surface area contributed by atoms with Gasteiger partial charge in [0.05, 0.1) is 5.56 Å². The Morgan fingerprint density at radius 2 is 1.84 bits per heavy atom. The lowest BCUT2D eigenvalue weighted by Gasteiger charge is -2.18. The molecule has 0 atom stereocenters. The van der Waals surface area contributed by atoms with E-state index in [0.29, 0.717) is 16.3 Å². The molecular weight excluding hydrogens is 380 g/mol. The third kappa shape index (κ3) is 3.25. The molecule has 0 unspecified atom stereocenters. The van der Waals surface area contributed by atoms with Crippen LogP contribution in [-0.4, -0.2) is 13.0 Å². The molecule has 0 bridgehead atoms. The molecule has 0 aromatic heterocycles. The Kier molecular flexibility index (Phi) is 4.42. The quantitative estimate of drug-likeness (QED) is 0.699. The van der Waals surface area contributed by atoms with Gasteiger partial charge in [-0.05, 0) is 65.1 Å². The fourth-order valence-electron chi connectivity index (χ4n) is 1.62. The number of amides is 1. The molecular formula is C14H10ClFINO. The van der Waals surface area contributed by atoms with Crippen molar-refractivity contribution in [2.75, 3.05) is 11.9 Å². The van der Waals surface area contributed by atoms with Crippen molar-refractivity contribution in [3.05, 3.63) is 62.4 Å². The highest BCUT2D eigenvalue weighted by Crippen LogP contribution is 2.22. The summed E-state index contributed by atoms with van der Waals surface area (Å²) in [7, 11) is 1.65.